The molecule has 0 aliphatic carbocycles. The number of hydrogen-bond acceptors (Lipinski definition) is 3. The third kappa shape index (κ3) is 6.21. The molecule has 0 spiro atoms. The quantitative estimate of drug-likeness (QED) is 0.608. The van der Waals surface area contributed by atoms with Crippen molar-refractivity contribution in [2.75, 3.05) is 12.4 Å². The van der Waals surface area contributed by atoms with Crippen LogP contribution in [0.1, 0.15) is 27.9 Å². The Hall–Kier alpha value is -3.60. The lowest BCUT2D eigenvalue weighted by atomic mass is 10.1. The zero-order chi connectivity index (χ0) is 20.5. The summed E-state index contributed by atoms with van der Waals surface area (Å²) in [5.41, 5.74) is 3.34. The molecule has 0 fully saturated rings. The first kappa shape index (κ1) is 20.1. The average Bonchev–Trinajstić information content (AvgIpc) is 2.78. The van der Waals surface area contributed by atoms with Crippen molar-refractivity contribution >= 4 is 17.5 Å². The molecule has 0 aliphatic rings. The molecule has 0 radical (unpaired) electrons. The van der Waals surface area contributed by atoms with Gasteiger partial charge in [0, 0.05) is 24.7 Å². The Bertz CT molecular complexity index is 953. The van der Waals surface area contributed by atoms with Crippen molar-refractivity contribution in [3.63, 3.8) is 0 Å². The van der Waals surface area contributed by atoms with Gasteiger partial charge in [0.2, 0.25) is 5.91 Å². The highest BCUT2D eigenvalue weighted by Gasteiger charge is 2.08. The maximum absolute atomic E-state index is 12.6. The van der Waals surface area contributed by atoms with Gasteiger partial charge < -0.3 is 15.4 Å². The van der Waals surface area contributed by atoms with Crippen LogP contribution in [0.25, 0.3) is 0 Å². The molecule has 0 bridgehead atoms. The standard InChI is InChI=1S/C24H24N2O3/c1-25-23(27)15-12-18-10-13-21(14-11-18)26-24(28)20-8-5-9-22(16-20)29-17-19-6-3-2-4-7-19/h2-11,13-14,16H,12,15,17H2,1H3,(H,25,27)(H,26,28). The molecule has 5 heteroatoms. The van der Waals surface area contributed by atoms with Crippen LogP contribution in [-0.2, 0) is 17.8 Å². The number of amides is 2. The van der Waals surface area contributed by atoms with Crippen molar-refractivity contribution in [2.24, 2.45) is 0 Å². The Morgan fingerprint density at radius 1 is 0.862 bits per heavy atom. The number of nitrogens with one attached hydrogen (secondary N) is 2. The lowest BCUT2D eigenvalue weighted by molar-refractivity contribution is -0.120. The number of ether oxygens (including phenoxy) is 1. The van der Waals surface area contributed by atoms with Crippen molar-refractivity contribution in [1.82, 2.24) is 5.32 Å². The number of carbonyl (C=O) groups is 2. The number of aryl methyl sites for hydroxylation is 1. The van der Waals surface area contributed by atoms with Gasteiger partial charge in [-0.05, 0) is 47.9 Å². The van der Waals surface area contributed by atoms with E-state index in [4.69, 9.17) is 4.74 Å². The van der Waals surface area contributed by atoms with Crippen LogP contribution in [0.3, 0.4) is 0 Å². The minimum Gasteiger partial charge on any atom is -0.489 e. The first-order chi connectivity index (χ1) is 14.1. The van der Waals surface area contributed by atoms with E-state index in [1.54, 1.807) is 25.2 Å². The number of hydrogen-bond donors (Lipinski definition) is 2. The van der Waals surface area contributed by atoms with Crippen LogP contribution >= 0.6 is 0 Å². The predicted octanol–water partition coefficient (Wildman–Crippen LogP) is 4.20. The molecule has 0 aromatic heterocycles. The number of rotatable bonds is 8. The zero-order valence-corrected chi connectivity index (χ0v) is 16.4. The summed E-state index contributed by atoms with van der Waals surface area (Å²) >= 11 is 0. The molecule has 0 aliphatic heterocycles. The topological polar surface area (TPSA) is 67.4 Å². The summed E-state index contributed by atoms with van der Waals surface area (Å²) in [6.07, 6.45) is 1.10. The van der Waals surface area contributed by atoms with Gasteiger partial charge in [0.25, 0.3) is 5.91 Å². The van der Waals surface area contributed by atoms with Crippen LogP contribution in [0.5, 0.6) is 5.75 Å². The van der Waals surface area contributed by atoms with Crippen molar-refractivity contribution in [2.45, 2.75) is 19.4 Å². The van der Waals surface area contributed by atoms with E-state index in [-0.39, 0.29) is 11.8 Å². The fourth-order valence-electron chi connectivity index (χ4n) is 2.81. The first-order valence-electron chi connectivity index (χ1n) is 9.52. The Morgan fingerprint density at radius 2 is 1.62 bits per heavy atom. The summed E-state index contributed by atoms with van der Waals surface area (Å²) in [6.45, 7) is 0.448. The Labute approximate surface area is 170 Å². The number of carbonyl (C=O) groups excluding carboxylic acids is 2. The molecule has 0 heterocycles. The normalized spacial score (nSPS) is 10.2. The molecule has 3 rings (SSSR count). The van der Waals surface area contributed by atoms with E-state index >= 15 is 0 Å². The van der Waals surface area contributed by atoms with Crippen molar-refractivity contribution in [1.29, 1.82) is 0 Å². The summed E-state index contributed by atoms with van der Waals surface area (Å²) < 4.78 is 5.79. The van der Waals surface area contributed by atoms with Crippen LogP contribution in [0, 0.1) is 0 Å². The van der Waals surface area contributed by atoms with Gasteiger partial charge in [-0.1, -0.05) is 48.5 Å². The van der Waals surface area contributed by atoms with E-state index in [0.29, 0.717) is 36.4 Å². The molecule has 0 unspecified atom stereocenters. The average molecular weight is 388 g/mol. The zero-order valence-electron chi connectivity index (χ0n) is 16.4. The highest BCUT2D eigenvalue weighted by Crippen LogP contribution is 2.17. The molecule has 0 atom stereocenters. The minimum absolute atomic E-state index is 0.0109. The maximum atomic E-state index is 12.6. The Kier molecular flexibility index (Phi) is 7.00. The van der Waals surface area contributed by atoms with Gasteiger partial charge in [-0.2, -0.15) is 0 Å². The van der Waals surface area contributed by atoms with E-state index in [9.17, 15) is 9.59 Å². The lowest BCUT2D eigenvalue weighted by Crippen LogP contribution is -2.17. The SMILES string of the molecule is CNC(=O)CCc1ccc(NC(=O)c2cccc(OCc3ccccc3)c2)cc1. The summed E-state index contributed by atoms with van der Waals surface area (Å²) in [4.78, 5) is 23.9. The largest absolute Gasteiger partial charge is 0.489 e. The van der Waals surface area contributed by atoms with Gasteiger partial charge in [-0.15, -0.1) is 0 Å². The lowest BCUT2D eigenvalue weighted by Gasteiger charge is -2.09. The third-order valence-corrected chi connectivity index (χ3v) is 4.48. The van der Waals surface area contributed by atoms with E-state index < -0.39 is 0 Å². The molecule has 3 aromatic carbocycles. The van der Waals surface area contributed by atoms with Crippen LogP contribution in [0.15, 0.2) is 78.9 Å². The summed E-state index contributed by atoms with van der Waals surface area (Å²) in [6, 6.07) is 24.5. The van der Waals surface area contributed by atoms with Crippen LogP contribution in [0.4, 0.5) is 5.69 Å². The molecule has 3 aromatic rings. The molecule has 2 N–H and O–H groups in total. The van der Waals surface area contributed by atoms with Crippen LogP contribution in [0.2, 0.25) is 0 Å². The molecule has 5 nitrogen and oxygen atoms in total. The number of anilines is 1. The first-order valence-corrected chi connectivity index (χ1v) is 9.52. The highest BCUT2D eigenvalue weighted by molar-refractivity contribution is 6.04. The van der Waals surface area contributed by atoms with Gasteiger partial charge in [0.1, 0.15) is 12.4 Å². The van der Waals surface area contributed by atoms with E-state index in [1.807, 2.05) is 60.7 Å². The molecule has 0 saturated carbocycles. The van der Waals surface area contributed by atoms with Crippen molar-refractivity contribution in [3.8, 4) is 5.75 Å². The molecule has 2 amide bonds. The molecule has 29 heavy (non-hydrogen) atoms. The molecule has 148 valence electrons. The Balaban J connectivity index is 1.57. The van der Waals surface area contributed by atoms with Gasteiger partial charge in [-0.3, -0.25) is 9.59 Å². The van der Waals surface area contributed by atoms with Gasteiger partial charge in [-0.25, -0.2) is 0 Å². The van der Waals surface area contributed by atoms with E-state index in [2.05, 4.69) is 10.6 Å². The second kappa shape index (κ2) is 10.1. The van der Waals surface area contributed by atoms with Gasteiger partial charge >= 0.3 is 0 Å². The molecular weight excluding hydrogens is 364 g/mol. The monoisotopic (exact) mass is 388 g/mol. The molecule has 0 saturated heterocycles. The second-order valence-electron chi connectivity index (χ2n) is 6.63. The smallest absolute Gasteiger partial charge is 0.255 e. The Morgan fingerprint density at radius 3 is 2.34 bits per heavy atom. The van der Waals surface area contributed by atoms with Crippen molar-refractivity contribution in [3.05, 3.63) is 95.6 Å². The van der Waals surface area contributed by atoms with Crippen molar-refractivity contribution < 1.29 is 14.3 Å². The number of benzene rings is 3. The third-order valence-electron chi connectivity index (χ3n) is 4.48. The highest BCUT2D eigenvalue weighted by atomic mass is 16.5. The summed E-state index contributed by atoms with van der Waals surface area (Å²) in [5.74, 6) is 0.455. The van der Waals surface area contributed by atoms with Gasteiger partial charge in [0.05, 0.1) is 0 Å². The van der Waals surface area contributed by atoms with Gasteiger partial charge in [0.15, 0.2) is 0 Å². The van der Waals surface area contributed by atoms with Crippen LogP contribution < -0.4 is 15.4 Å². The predicted molar refractivity (Wildman–Crippen MR) is 114 cm³/mol. The van der Waals surface area contributed by atoms with E-state index in [1.165, 1.54) is 0 Å². The maximum Gasteiger partial charge on any atom is 0.255 e. The fraction of sp³-hybridized carbons (Fsp3) is 0.167. The fourth-order valence-corrected chi connectivity index (χ4v) is 2.81. The summed E-state index contributed by atoms with van der Waals surface area (Å²) in [5, 5.41) is 5.50. The molecular formula is C24H24N2O3. The second-order valence-corrected chi connectivity index (χ2v) is 6.63. The summed E-state index contributed by atoms with van der Waals surface area (Å²) in [7, 11) is 1.63. The van der Waals surface area contributed by atoms with E-state index in [0.717, 1.165) is 11.1 Å². The minimum atomic E-state index is -0.201. The van der Waals surface area contributed by atoms with Crippen LogP contribution in [-0.4, -0.2) is 18.9 Å².